The van der Waals surface area contributed by atoms with Gasteiger partial charge in [-0.1, -0.05) is 29.8 Å². The zero-order chi connectivity index (χ0) is 12.3. The molecule has 17 heavy (non-hydrogen) atoms. The number of halogens is 1. The van der Waals surface area contributed by atoms with E-state index in [0.29, 0.717) is 11.6 Å². The lowest BCUT2D eigenvalue weighted by Gasteiger charge is -2.19. The number of carbonyl (C=O) groups is 1. The van der Waals surface area contributed by atoms with Crippen LogP contribution in [0.1, 0.15) is 24.9 Å². The second-order valence-electron chi connectivity index (χ2n) is 4.10. The summed E-state index contributed by atoms with van der Waals surface area (Å²) in [7, 11) is 0. The van der Waals surface area contributed by atoms with Crippen LogP contribution in [0.15, 0.2) is 24.3 Å². The van der Waals surface area contributed by atoms with Gasteiger partial charge in [0.1, 0.15) is 0 Å². The highest BCUT2D eigenvalue weighted by Gasteiger charge is 2.35. The first kappa shape index (κ1) is 12.4. The summed E-state index contributed by atoms with van der Waals surface area (Å²) in [6, 6.07) is 7.60. The predicted octanol–water partition coefficient (Wildman–Crippen LogP) is 2.55. The van der Waals surface area contributed by atoms with E-state index in [2.05, 4.69) is 5.32 Å². The molecule has 1 aliphatic heterocycles. The normalized spacial score (nSPS) is 23.6. The summed E-state index contributed by atoms with van der Waals surface area (Å²) in [6.07, 6.45) is 0.800. The minimum atomic E-state index is -0.137. The van der Waals surface area contributed by atoms with Gasteiger partial charge in [0.15, 0.2) is 0 Å². The molecule has 1 saturated heterocycles. The summed E-state index contributed by atoms with van der Waals surface area (Å²) in [4.78, 5) is 11.8. The van der Waals surface area contributed by atoms with Gasteiger partial charge in [-0.3, -0.25) is 4.79 Å². The van der Waals surface area contributed by atoms with Gasteiger partial charge in [0.05, 0.1) is 12.5 Å². The van der Waals surface area contributed by atoms with E-state index >= 15 is 0 Å². The van der Waals surface area contributed by atoms with Crippen LogP contribution < -0.4 is 5.32 Å². The van der Waals surface area contributed by atoms with Crippen molar-refractivity contribution >= 4 is 17.6 Å². The molecule has 4 heteroatoms. The van der Waals surface area contributed by atoms with Crippen LogP contribution in [0, 0.1) is 5.92 Å². The summed E-state index contributed by atoms with van der Waals surface area (Å²) in [5.74, 6) is -0.266. The SMILES string of the molecule is CCOC(=O)[C@H]1CCN[C@H]1c1ccccc1Cl. The maximum atomic E-state index is 11.8. The van der Waals surface area contributed by atoms with E-state index in [4.69, 9.17) is 16.3 Å². The van der Waals surface area contributed by atoms with Gasteiger partial charge in [-0.2, -0.15) is 0 Å². The summed E-state index contributed by atoms with van der Waals surface area (Å²) in [5.41, 5.74) is 0.977. The van der Waals surface area contributed by atoms with Crippen molar-refractivity contribution in [2.45, 2.75) is 19.4 Å². The lowest BCUT2D eigenvalue weighted by Crippen LogP contribution is -2.25. The van der Waals surface area contributed by atoms with Crippen molar-refractivity contribution < 1.29 is 9.53 Å². The van der Waals surface area contributed by atoms with Crippen LogP contribution >= 0.6 is 11.6 Å². The van der Waals surface area contributed by atoms with E-state index in [-0.39, 0.29) is 17.9 Å². The van der Waals surface area contributed by atoms with E-state index in [1.807, 2.05) is 31.2 Å². The first-order chi connectivity index (χ1) is 8.24. The molecule has 0 radical (unpaired) electrons. The number of benzene rings is 1. The summed E-state index contributed by atoms with van der Waals surface area (Å²) in [6.45, 7) is 3.06. The molecule has 0 aromatic heterocycles. The molecule has 1 fully saturated rings. The molecule has 0 saturated carbocycles. The van der Waals surface area contributed by atoms with Crippen molar-refractivity contribution in [1.82, 2.24) is 5.32 Å². The zero-order valence-electron chi connectivity index (χ0n) is 9.78. The highest BCUT2D eigenvalue weighted by atomic mass is 35.5. The molecule has 2 atom stereocenters. The fourth-order valence-corrected chi connectivity index (χ4v) is 2.51. The third-order valence-corrected chi connectivity index (χ3v) is 3.40. The third-order valence-electron chi connectivity index (χ3n) is 3.05. The van der Waals surface area contributed by atoms with E-state index < -0.39 is 0 Å². The lowest BCUT2D eigenvalue weighted by atomic mass is 9.94. The molecule has 92 valence electrons. The molecule has 1 aromatic carbocycles. The van der Waals surface area contributed by atoms with Gasteiger partial charge in [0.2, 0.25) is 0 Å². The monoisotopic (exact) mass is 253 g/mol. The van der Waals surface area contributed by atoms with Gasteiger partial charge in [0, 0.05) is 11.1 Å². The van der Waals surface area contributed by atoms with Crippen LogP contribution in [0.25, 0.3) is 0 Å². The van der Waals surface area contributed by atoms with Crippen molar-refractivity contribution in [2.75, 3.05) is 13.2 Å². The molecule has 0 aliphatic carbocycles. The fraction of sp³-hybridized carbons (Fsp3) is 0.462. The zero-order valence-corrected chi connectivity index (χ0v) is 10.5. The van der Waals surface area contributed by atoms with Gasteiger partial charge >= 0.3 is 5.97 Å². The van der Waals surface area contributed by atoms with E-state index in [1.54, 1.807) is 0 Å². The maximum Gasteiger partial charge on any atom is 0.310 e. The van der Waals surface area contributed by atoms with Gasteiger partial charge in [0.25, 0.3) is 0 Å². The van der Waals surface area contributed by atoms with Crippen LogP contribution in [0.5, 0.6) is 0 Å². The molecule has 0 bridgehead atoms. The first-order valence-corrected chi connectivity index (χ1v) is 6.26. The first-order valence-electron chi connectivity index (χ1n) is 5.88. The third kappa shape index (κ3) is 2.61. The molecule has 1 heterocycles. The predicted molar refractivity (Wildman–Crippen MR) is 66.9 cm³/mol. The average molecular weight is 254 g/mol. The fourth-order valence-electron chi connectivity index (χ4n) is 2.26. The van der Waals surface area contributed by atoms with Crippen LogP contribution in [0.2, 0.25) is 5.02 Å². The van der Waals surface area contributed by atoms with Gasteiger partial charge < -0.3 is 10.1 Å². The summed E-state index contributed by atoms with van der Waals surface area (Å²) in [5, 5.41) is 4.01. The minimum absolute atomic E-state index is 0.0252. The van der Waals surface area contributed by atoms with Gasteiger partial charge in [-0.25, -0.2) is 0 Å². The molecule has 0 amide bonds. The molecular formula is C13H16ClNO2. The van der Waals surface area contributed by atoms with E-state index in [1.165, 1.54) is 0 Å². The standard InChI is InChI=1S/C13H16ClNO2/c1-2-17-13(16)10-7-8-15-12(10)9-5-3-4-6-11(9)14/h3-6,10,12,15H,2,7-8H2,1H3/t10-,12-/m0/s1. The Labute approximate surface area is 106 Å². The summed E-state index contributed by atoms with van der Waals surface area (Å²) < 4.78 is 5.10. The van der Waals surface area contributed by atoms with Crippen LogP contribution in [-0.4, -0.2) is 19.1 Å². The smallest absolute Gasteiger partial charge is 0.310 e. The Morgan fingerprint density at radius 1 is 1.53 bits per heavy atom. The Morgan fingerprint density at radius 3 is 3.00 bits per heavy atom. The molecule has 0 spiro atoms. The quantitative estimate of drug-likeness (QED) is 0.842. The van der Waals surface area contributed by atoms with E-state index in [0.717, 1.165) is 18.5 Å². The number of carbonyl (C=O) groups excluding carboxylic acids is 1. The highest BCUT2D eigenvalue weighted by molar-refractivity contribution is 6.31. The Bertz CT molecular complexity index is 408. The number of nitrogens with one attached hydrogen (secondary N) is 1. The second-order valence-corrected chi connectivity index (χ2v) is 4.51. The topological polar surface area (TPSA) is 38.3 Å². The molecule has 0 unspecified atom stereocenters. The largest absolute Gasteiger partial charge is 0.466 e. The molecule has 1 N–H and O–H groups in total. The van der Waals surface area contributed by atoms with Crippen molar-refractivity contribution in [3.05, 3.63) is 34.9 Å². The van der Waals surface area contributed by atoms with Crippen LogP contribution in [-0.2, 0) is 9.53 Å². The molecule has 2 rings (SSSR count). The van der Waals surface area contributed by atoms with E-state index in [9.17, 15) is 4.79 Å². The number of rotatable bonds is 3. The van der Waals surface area contributed by atoms with Crippen molar-refractivity contribution in [1.29, 1.82) is 0 Å². The molecular weight excluding hydrogens is 238 g/mol. The Balaban J connectivity index is 2.20. The maximum absolute atomic E-state index is 11.8. The Kier molecular flexibility index (Phi) is 4.02. The minimum Gasteiger partial charge on any atom is -0.466 e. The molecule has 1 aromatic rings. The summed E-state index contributed by atoms with van der Waals surface area (Å²) >= 11 is 6.16. The lowest BCUT2D eigenvalue weighted by molar-refractivity contribution is -0.148. The van der Waals surface area contributed by atoms with Gasteiger partial charge in [-0.05, 0) is 31.5 Å². The van der Waals surface area contributed by atoms with Crippen molar-refractivity contribution in [3.8, 4) is 0 Å². The average Bonchev–Trinajstić information content (AvgIpc) is 2.79. The van der Waals surface area contributed by atoms with Crippen molar-refractivity contribution in [3.63, 3.8) is 0 Å². The van der Waals surface area contributed by atoms with Gasteiger partial charge in [-0.15, -0.1) is 0 Å². The van der Waals surface area contributed by atoms with Crippen molar-refractivity contribution in [2.24, 2.45) is 5.92 Å². The molecule has 1 aliphatic rings. The number of hydrogen-bond donors (Lipinski definition) is 1. The van der Waals surface area contributed by atoms with Crippen LogP contribution in [0.4, 0.5) is 0 Å². The number of hydrogen-bond acceptors (Lipinski definition) is 3. The number of ether oxygens (including phenoxy) is 1. The number of esters is 1. The van der Waals surface area contributed by atoms with Crippen LogP contribution in [0.3, 0.4) is 0 Å². The second kappa shape index (κ2) is 5.52. The Morgan fingerprint density at radius 2 is 2.29 bits per heavy atom. The molecule has 3 nitrogen and oxygen atoms in total. The Hall–Kier alpha value is -1.06. The highest BCUT2D eigenvalue weighted by Crippen LogP contribution is 2.34.